The molecule has 1 N–H and O–H groups in total. The monoisotopic (exact) mass is 241 g/mol. The second-order valence-electron chi connectivity index (χ2n) is 4.67. The predicted molar refractivity (Wildman–Crippen MR) is 63.0 cm³/mol. The minimum Gasteiger partial charge on any atom is -0.377 e. The van der Waals surface area contributed by atoms with E-state index in [2.05, 4.69) is 5.32 Å². The topological polar surface area (TPSA) is 21.3 Å². The summed E-state index contributed by atoms with van der Waals surface area (Å²) in [5.74, 6) is -1.09. The zero-order valence-corrected chi connectivity index (χ0v) is 10.0. The van der Waals surface area contributed by atoms with Crippen molar-refractivity contribution in [2.45, 2.75) is 44.9 Å². The maximum absolute atomic E-state index is 13.5. The Hall–Kier alpha value is -1.16. The minimum atomic E-state index is -0.545. The van der Waals surface area contributed by atoms with Gasteiger partial charge in [0.15, 0.2) is 0 Å². The van der Waals surface area contributed by atoms with Crippen molar-refractivity contribution in [3.8, 4) is 0 Å². The lowest BCUT2D eigenvalue weighted by molar-refractivity contribution is -0.0338. The van der Waals surface area contributed by atoms with Gasteiger partial charge in [-0.15, -0.1) is 0 Å². The number of anilines is 1. The summed E-state index contributed by atoms with van der Waals surface area (Å²) in [4.78, 5) is 0. The van der Waals surface area contributed by atoms with Crippen LogP contribution in [-0.4, -0.2) is 18.2 Å². The molecule has 0 aromatic heterocycles. The quantitative estimate of drug-likeness (QED) is 0.857. The first-order valence-corrected chi connectivity index (χ1v) is 5.92. The number of halogens is 2. The number of rotatable bonds is 2. The van der Waals surface area contributed by atoms with Gasteiger partial charge in [0.05, 0.1) is 12.2 Å². The molecule has 1 heterocycles. The fraction of sp³-hybridized carbons (Fsp3) is 0.538. The first-order valence-electron chi connectivity index (χ1n) is 5.92. The highest BCUT2D eigenvalue weighted by Gasteiger charge is 2.25. The largest absolute Gasteiger partial charge is 0.377 e. The van der Waals surface area contributed by atoms with Crippen LogP contribution in [-0.2, 0) is 4.74 Å². The van der Waals surface area contributed by atoms with E-state index >= 15 is 0 Å². The predicted octanol–water partition coefficient (Wildman–Crippen LogP) is 3.33. The third-order valence-electron chi connectivity index (χ3n) is 3.01. The Morgan fingerprint density at radius 3 is 2.18 bits per heavy atom. The molecule has 2 atom stereocenters. The summed E-state index contributed by atoms with van der Waals surface area (Å²) in [5.41, 5.74) is -0.0289. The van der Waals surface area contributed by atoms with Crippen LogP contribution in [0.15, 0.2) is 18.2 Å². The van der Waals surface area contributed by atoms with Crippen molar-refractivity contribution >= 4 is 5.69 Å². The summed E-state index contributed by atoms with van der Waals surface area (Å²) >= 11 is 0. The molecule has 1 aliphatic heterocycles. The van der Waals surface area contributed by atoms with Crippen LogP contribution in [0, 0.1) is 11.6 Å². The second kappa shape index (κ2) is 5.00. The Balaban J connectivity index is 2.10. The lowest BCUT2D eigenvalue weighted by atomic mass is 9.99. The van der Waals surface area contributed by atoms with Gasteiger partial charge in [0.25, 0.3) is 0 Å². The standard InChI is InChI=1S/C13H17F2NO/c1-8-6-10(7-9(2)17-8)16-13-11(14)4-3-5-12(13)15/h3-5,8-10,16H,6-7H2,1-2H3. The molecule has 2 nitrogen and oxygen atoms in total. The lowest BCUT2D eigenvalue weighted by Gasteiger charge is -2.33. The average Bonchev–Trinajstić information content (AvgIpc) is 2.22. The van der Waals surface area contributed by atoms with E-state index in [4.69, 9.17) is 4.74 Å². The fourth-order valence-corrected chi connectivity index (χ4v) is 2.36. The van der Waals surface area contributed by atoms with Gasteiger partial charge in [-0.1, -0.05) is 6.07 Å². The molecule has 1 aromatic carbocycles. The van der Waals surface area contributed by atoms with Crippen LogP contribution >= 0.6 is 0 Å². The normalized spacial score (nSPS) is 29.1. The van der Waals surface area contributed by atoms with Crippen molar-refractivity contribution in [1.29, 1.82) is 0 Å². The van der Waals surface area contributed by atoms with Gasteiger partial charge in [-0.2, -0.15) is 0 Å². The van der Waals surface area contributed by atoms with E-state index in [0.29, 0.717) is 0 Å². The van der Waals surface area contributed by atoms with Crippen LogP contribution in [0.25, 0.3) is 0 Å². The first-order chi connectivity index (χ1) is 8.06. The molecule has 0 radical (unpaired) electrons. The molecule has 1 saturated heterocycles. The van der Waals surface area contributed by atoms with Crippen molar-refractivity contribution < 1.29 is 13.5 Å². The van der Waals surface area contributed by atoms with Crippen molar-refractivity contribution in [1.82, 2.24) is 0 Å². The Labute approximate surface area is 100.0 Å². The van der Waals surface area contributed by atoms with E-state index < -0.39 is 11.6 Å². The van der Waals surface area contributed by atoms with E-state index in [1.54, 1.807) is 0 Å². The summed E-state index contributed by atoms with van der Waals surface area (Å²) in [7, 11) is 0. The van der Waals surface area contributed by atoms with E-state index in [1.165, 1.54) is 18.2 Å². The molecular weight excluding hydrogens is 224 g/mol. The maximum atomic E-state index is 13.5. The molecule has 0 spiro atoms. The van der Waals surface area contributed by atoms with Crippen LogP contribution in [0.4, 0.5) is 14.5 Å². The highest BCUT2D eigenvalue weighted by atomic mass is 19.1. The van der Waals surface area contributed by atoms with Crippen LogP contribution < -0.4 is 5.32 Å². The van der Waals surface area contributed by atoms with Gasteiger partial charge in [-0.25, -0.2) is 8.78 Å². The number of nitrogens with one attached hydrogen (secondary N) is 1. The molecule has 1 aromatic rings. The maximum Gasteiger partial charge on any atom is 0.149 e. The summed E-state index contributed by atoms with van der Waals surface area (Å²) < 4.78 is 32.5. The highest BCUT2D eigenvalue weighted by molar-refractivity contribution is 5.47. The zero-order chi connectivity index (χ0) is 12.4. The van der Waals surface area contributed by atoms with Gasteiger partial charge in [-0.05, 0) is 38.8 Å². The SMILES string of the molecule is CC1CC(Nc2c(F)cccc2F)CC(C)O1. The summed E-state index contributed by atoms with van der Waals surface area (Å²) in [6.45, 7) is 3.95. The van der Waals surface area contributed by atoms with Gasteiger partial charge in [0, 0.05) is 6.04 Å². The fourth-order valence-electron chi connectivity index (χ4n) is 2.36. The number of hydrogen-bond acceptors (Lipinski definition) is 2. The van der Waals surface area contributed by atoms with Gasteiger partial charge in [0.2, 0.25) is 0 Å². The molecule has 0 aliphatic carbocycles. The van der Waals surface area contributed by atoms with Crippen molar-refractivity contribution in [3.05, 3.63) is 29.8 Å². The van der Waals surface area contributed by atoms with E-state index in [1.807, 2.05) is 13.8 Å². The molecule has 0 bridgehead atoms. The lowest BCUT2D eigenvalue weighted by Crippen LogP contribution is -2.37. The van der Waals surface area contributed by atoms with Gasteiger partial charge in [0.1, 0.15) is 17.3 Å². The third kappa shape index (κ3) is 2.94. The minimum absolute atomic E-state index is 0.0289. The van der Waals surface area contributed by atoms with Crippen LogP contribution in [0.1, 0.15) is 26.7 Å². The molecule has 2 unspecified atom stereocenters. The summed E-state index contributed by atoms with van der Waals surface area (Å²) in [6, 6.07) is 3.94. The Bertz CT molecular complexity index is 367. The van der Waals surface area contributed by atoms with Crippen LogP contribution in [0.3, 0.4) is 0 Å². The molecule has 94 valence electrons. The summed E-state index contributed by atoms with van der Waals surface area (Å²) in [5, 5.41) is 2.95. The van der Waals surface area contributed by atoms with Gasteiger partial charge >= 0.3 is 0 Å². The molecule has 1 aliphatic rings. The van der Waals surface area contributed by atoms with Crippen LogP contribution in [0.2, 0.25) is 0 Å². The third-order valence-corrected chi connectivity index (χ3v) is 3.01. The average molecular weight is 241 g/mol. The molecule has 2 rings (SSSR count). The number of para-hydroxylation sites is 1. The van der Waals surface area contributed by atoms with E-state index in [-0.39, 0.29) is 23.9 Å². The summed E-state index contributed by atoms with van der Waals surface area (Å²) in [6.07, 6.45) is 1.76. The Morgan fingerprint density at radius 1 is 1.12 bits per heavy atom. The van der Waals surface area contributed by atoms with E-state index in [9.17, 15) is 8.78 Å². The van der Waals surface area contributed by atoms with Crippen LogP contribution in [0.5, 0.6) is 0 Å². The van der Waals surface area contributed by atoms with Crippen molar-refractivity contribution in [2.24, 2.45) is 0 Å². The van der Waals surface area contributed by atoms with Crippen molar-refractivity contribution in [2.75, 3.05) is 5.32 Å². The highest BCUT2D eigenvalue weighted by Crippen LogP contribution is 2.25. The molecule has 0 saturated carbocycles. The zero-order valence-electron chi connectivity index (χ0n) is 10.0. The molecule has 0 amide bonds. The number of hydrogen-bond donors (Lipinski definition) is 1. The molecule has 1 fully saturated rings. The van der Waals surface area contributed by atoms with Gasteiger partial charge in [-0.3, -0.25) is 0 Å². The van der Waals surface area contributed by atoms with Gasteiger partial charge < -0.3 is 10.1 Å². The first kappa shape index (κ1) is 12.3. The molecule has 17 heavy (non-hydrogen) atoms. The number of benzene rings is 1. The molecule has 4 heteroatoms. The number of ether oxygens (including phenoxy) is 1. The smallest absolute Gasteiger partial charge is 0.149 e. The molecular formula is C13H17F2NO. The van der Waals surface area contributed by atoms with E-state index in [0.717, 1.165) is 12.8 Å². The second-order valence-corrected chi connectivity index (χ2v) is 4.67. The van der Waals surface area contributed by atoms with Crippen molar-refractivity contribution in [3.63, 3.8) is 0 Å². The Morgan fingerprint density at radius 2 is 1.65 bits per heavy atom. The Kier molecular flexibility index (Phi) is 3.62.